The molecule has 0 aliphatic carbocycles. The third-order valence-corrected chi connectivity index (χ3v) is 11.9. The molecule has 56 heavy (non-hydrogen) atoms. The van der Waals surface area contributed by atoms with Gasteiger partial charge in [-0.15, -0.1) is 0 Å². The Balaban J connectivity index is 4.12. The molecule has 8 nitrogen and oxygen atoms in total. The van der Waals surface area contributed by atoms with Gasteiger partial charge in [-0.25, -0.2) is 0 Å². The average Bonchev–Trinajstić information content (AvgIpc) is 3.15. The molecule has 2 atom stereocenters. The van der Waals surface area contributed by atoms with E-state index >= 15 is 0 Å². The number of phosphoric ester groups is 1. The molecule has 0 saturated carbocycles. The van der Waals surface area contributed by atoms with Crippen molar-refractivity contribution in [1.29, 1.82) is 0 Å². The first-order valence-corrected chi connectivity index (χ1v) is 25.7. The number of phosphoric acid groups is 1. The predicted octanol–water partition coefficient (Wildman–Crippen LogP) is 13.8. The van der Waals surface area contributed by atoms with Crippen molar-refractivity contribution in [2.24, 2.45) is 0 Å². The van der Waals surface area contributed by atoms with E-state index in [2.05, 4.69) is 13.8 Å². The van der Waals surface area contributed by atoms with Gasteiger partial charge in [0.25, 0.3) is 7.82 Å². The van der Waals surface area contributed by atoms with E-state index in [0.29, 0.717) is 24.1 Å². The maximum Gasteiger partial charge on any atom is 0.306 e. The fraction of sp³-hybridized carbons (Fsp3) is 0.979. The summed E-state index contributed by atoms with van der Waals surface area (Å²) in [5.41, 5.74) is 0. The first-order chi connectivity index (χ1) is 27.1. The van der Waals surface area contributed by atoms with E-state index in [1.165, 1.54) is 186 Å². The second kappa shape index (κ2) is 41.2. The molecule has 0 aliphatic rings. The number of quaternary nitrogens is 1. The number of carbonyl (C=O) groups is 1. The Bertz CT molecular complexity index is 868. The topological polar surface area (TPSA) is 94.1 Å². The summed E-state index contributed by atoms with van der Waals surface area (Å²) >= 11 is 0. The van der Waals surface area contributed by atoms with Crippen molar-refractivity contribution in [2.45, 2.75) is 245 Å². The second-order valence-corrected chi connectivity index (χ2v) is 19.3. The van der Waals surface area contributed by atoms with E-state index in [1.807, 2.05) is 21.1 Å². The van der Waals surface area contributed by atoms with Crippen molar-refractivity contribution in [3.63, 3.8) is 0 Å². The standard InChI is InChI=1S/C47H96NO7P/c1-6-8-10-12-14-16-18-20-22-23-24-25-26-28-30-32-34-36-38-40-47(49)55-46(45-54-56(50,51)53-43-41-48(3,4)5)44-52-42-39-37-35-33-31-29-27-21-19-17-15-13-11-9-7-2/h46H,6-45H2,1-5H3/t46-/m1/s1. The van der Waals surface area contributed by atoms with E-state index in [-0.39, 0.29) is 25.8 Å². The molecule has 0 aromatic rings. The lowest BCUT2D eigenvalue weighted by molar-refractivity contribution is -0.870. The van der Waals surface area contributed by atoms with Gasteiger partial charge >= 0.3 is 5.97 Å². The molecule has 0 N–H and O–H groups in total. The van der Waals surface area contributed by atoms with Gasteiger partial charge in [-0.1, -0.05) is 219 Å². The second-order valence-electron chi connectivity index (χ2n) is 17.8. The Morgan fingerprint density at radius 2 is 0.821 bits per heavy atom. The van der Waals surface area contributed by atoms with Gasteiger partial charge in [-0.3, -0.25) is 9.36 Å². The third-order valence-electron chi connectivity index (χ3n) is 10.9. The van der Waals surface area contributed by atoms with Crippen molar-refractivity contribution in [2.75, 3.05) is 54.1 Å². The van der Waals surface area contributed by atoms with Crippen LogP contribution in [-0.4, -0.2) is 70.7 Å². The molecule has 0 aromatic carbocycles. The molecule has 0 aliphatic heterocycles. The van der Waals surface area contributed by atoms with E-state index in [1.54, 1.807) is 0 Å². The maximum absolute atomic E-state index is 12.7. The number of hydrogen-bond donors (Lipinski definition) is 0. The molecule has 1 unspecified atom stereocenters. The predicted molar refractivity (Wildman–Crippen MR) is 236 cm³/mol. The first-order valence-electron chi connectivity index (χ1n) is 24.3. The largest absolute Gasteiger partial charge is 0.756 e. The molecular formula is C47H96NO7P. The highest BCUT2D eigenvalue weighted by Crippen LogP contribution is 2.38. The fourth-order valence-corrected chi connectivity index (χ4v) is 7.87. The summed E-state index contributed by atoms with van der Waals surface area (Å²) in [7, 11) is 1.38. The van der Waals surface area contributed by atoms with Gasteiger partial charge < -0.3 is 27.9 Å². The molecule has 0 rings (SSSR count). The molecule has 0 saturated heterocycles. The molecular weight excluding hydrogens is 721 g/mol. The smallest absolute Gasteiger partial charge is 0.306 e. The first kappa shape index (κ1) is 55.5. The number of ether oxygens (including phenoxy) is 2. The molecule has 336 valence electrons. The molecule has 0 radical (unpaired) electrons. The van der Waals surface area contributed by atoms with Crippen LogP contribution in [0.3, 0.4) is 0 Å². The zero-order valence-electron chi connectivity index (χ0n) is 38.1. The molecule has 0 amide bonds. The quantitative estimate of drug-likeness (QED) is 0.0261. The van der Waals surface area contributed by atoms with Gasteiger partial charge in [0, 0.05) is 13.0 Å². The number of esters is 1. The van der Waals surface area contributed by atoms with Gasteiger partial charge in [-0.05, 0) is 12.8 Å². The normalized spacial score (nSPS) is 13.6. The van der Waals surface area contributed by atoms with Crippen LogP contribution >= 0.6 is 7.82 Å². The van der Waals surface area contributed by atoms with E-state index in [4.69, 9.17) is 18.5 Å². The van der Waals surface area contributed by atoms with Crippen LogP contribution in [0.5, 0.6) is 0 Å². The van der Waals surface area contributed by atoms with E-state index < -0.39 is 13.9 Å². The Hall–Kier alpha value is -0.500. The average molecular weight is 818 g/mol. The number of likely N-dealkylation sites (N-methyl/N-ethyl adjacent to an activating group) is 1. The van der Waals surface area contributed by atoms with Crippen LogP contribution in [0.15, 0.2) is 0 Å². The SMILES string of the molecule is CCCCCCCCCCCCCCCCCCCCCC(=O)O[C@H](COCCCCCCCCCCCCCCCCC)COP(=O)([O-])OCC[N+](C)(C)C. The third kappa shape index (κ3) is 44.6. The lowest BCUT2D eigenvalue weighted by Crippen LogP contribution is -2.37. The summed E-state index contributed by atoms with van der Waals surface area (Å²) in [6.07, 6.45) is 44.0. The number of hydrogen-bond acceptors (Lipinski definition) is 7. The highest BCUT2D eigenvalue weighted by atomic mass is 31.2. The summed E-state index contributed by atoms with van der Waals surface area (Å²) < 4.78 is 34.7. The highest BCUT2D eigenvalue weighted by Gasteiger charge is 2.20. The zero-order chi connectivity index (χ0) is 41.3. The fourth-order valence-electron chi connectivity index (χ4n) is 7.14. The monoisotopic (exact) mass is 818 g/mol. The van der Waals surface area contributed by atoms with Crippen molar-refractivity contribution in [1.82, 2.24) is 0 Å². The van der Waals surface area contributed by atoms with Gasteiger partial charge in [0.05, 0.1) is 34.4 Å². The molecule has 0 aromatic heterocycles. The van der Waals surface area contributed by atoms with E-state index in [9.17, 15) is 14.3 Å². The Labute approximate surface area is 348 Å². The van der Waals surface area contributed by atoms with Crippen LogP contribution in [0.1, 0.15) is 239 Å². The molecule has 0 spiro atoms. The van der Waals surface area contributed by atoms with Crippen LogP contribution in [0.25, 0.3) is 0 Å². The van der Waals surface area contributed by atoms with Crippen molar-refractivity contribution in [3.05, 3.63) is 0 Å². The van der Waals surface area contributed by atoms with Gasteiger partial charge in [0.1, 0.15) is 19.3 Å². The van der Waals surface area contributed by atoms with Crippen molar-refractivity contribution < 1.29 is 37.3 Å². The minimum Gasteiger partial charge on any atom is -0.756 e. The molecule has 9 heteroatoms. The zero-order valence-corrected chi connectivity index (χ0v) is 39.0. The number of unbranched alkanes of at least 4 members (excludes halogenated alkanes) is 32. The van der Waals surface area contributed by atoms with Crippen LogP contribution in [0.2, 0.25) is 0 Å². The maximum atomic E-state index is 12.7. The summed E-state index contributed by atoms with van der Waals surface area (Å²) in [5, 5.41) is 0. The lowest BCUT2D eigenvalue weighted by Gasteiger charge is -2.28. The Kier molecular flexibility index (Phi) is 40.9. The number of nitrogens with zero attached hydrogens (tertiary/aromatic N) is 1. The molecule has 0 heterocycles. The summed E-state index contributed by atoms with van der Waals surface area (Å²) in [6, 6.07) is 0. The Morgan fingerprint density at radius 3 is 1.18 bits per heavy atom. The van der Waals surface area contributed by atoms with Crippen LogP contribution in [-0.2, 0) is 27.9 Å². The van der Waals surface area contributed by atoms with Crippen LogP contribution in [0.4, 0.5) is 0 Å². The number of carbonyl (C=O) groups excluding carboxylic acids is 1. The van der Waals surface area contributed by atoms with E-state index in [0.717, 1.165) is 32.1 Å². The molecule has 0 fully saturated rings. The Morgan fingerprint density at radius 1 is 0.482 bits per heavy atom. The van der Waals surface area contributed by atoms with Gasteiger partial charge in [0.2, 0.25) is 0 Å². The van der Waals surface area contributed by atoms with Gasteiger partial charge in [-0.2, -0.15) is 0 Å². The number of rotatable bonds is 46. The summed E-state index contributed by atoms with van der Waals surface area (Å²) in [5.74, 6) is -0.326. The van der Waals surface area contributed by atoms with Crippen LogP contribution in [0, 0.1) is 0 Å². The summed E-state index contributed by atoms with van der Waals surface area (Å²) in [6.45, 7) is 5.48. The minimum absolute atomic E-state index is 0.0316. The van der Waals surface area contributed by atoms with Crippen molar-refractivity contribution >= 4 is 13.8 Å². The van der Waals surface area contributed by atoms with Gasteiger partial charge in [0.15, 0.2) is 0 Å². The highest BCUT2D eigenvalue weighted by molar-refractivity contribution is 7.45. The molecule has 0 bridgehead atoms. The minimum atomic E-state index is -4.52. The van der Waals surface area contributed by atoms with Crippen molar-refractivity contribution in [3.8, 4) is 0 Å². The lowest BCUT2D eigenvalue weighted by atomic mass is 10.0. The summed E-state index contributed by atoms with van der Waals surface area (Å²) in [4.78, 5) is 25.1. The van der Waals surface area contributed by atoms with Crippen LogP contribution < -0.4 is 4.89 Å².